The van der Waals surface area contributed by atoms with Crippen LogP contribution in [0.3, 0.4) is 0 Å². The first-order valence-electron chi connectivity index (χ1n) is 9.72. The third-order valence-corrected chi connectivity index (χ3v) is 6.88. The molecule has 1 aliphatic heterocycles. The van der Waals surface area contributed by atoms with Crippen molar-refractivity contribution in [2.75, 3.05) is 13.1 Å². The van der Waals surface area contributed by atoms with E-state index in [1.807, 2.05) is 30.3 Å². The van der Waals surface area contributed by atoms with Crippen LogP contribution < -0.4 is 0 Å². The molecule has 3 aromatic heterocycles. The van der Waals surface area contributed by atoms with Gasteiger partial charge in [0.15, 0.2) is 5.76 Å². The van der Waals surface area contributed by atoms with Gasteiger partial charge in [-0.15, -0.1) is 5.10 Å². The number of benzene rings is 1. The number of halogens is 1. The van der Waals surface area contributed by atoms with E-state index >= 15 is 0 Å². The van der Waals surface area contributed by atoms with Crippen molar-refractivity contribution >= 4 is 27.9 Å². The molecule has 1 fully saturated rings. The average Bonchev–Trinajstić information content (AvgIpc) is 3.44. The predicted molar refractivity (Wildman–Crippen MR) is 113 cm³/mol. The second kappa shape index (κ2) is 7.48. The number of aromatic nitrogens is 3. The standard InChI is InChI=1S/C21H21ClN4O2S/c1-13-8-10-25(11-9-13)17(14-4-6-15(22)7-5-14)18-20(27)26-21(29-18)23-19(24-26)16-3-2-12-28-16/h2-7,12-13,17,27H,8-11H2,1H3/t17-/m1/s1. The topological polar surface area (TPSA) is 66.8 Å². The summed E-state index contributed by atoms with van der Waals surface area (Å²) >= 11 is 7.58. The average molecular weight is 429 g/mol. The maximum absolute atomic E-state index is 11.1. The minimum atomic E-state index is -0.0553. The Labute approximate surface area is 177 Å². The van der Waals surface area contributed by atoms with Gasteiger partial charge in [-0.25, -0.2) is 0 Å². The summed E-state index contributed by atoms with van der Waals surface area (Å²) in [6.45, 7) is 4.27. The summed E-state index contributed by atoms with van der Waals surface area (Å²) in [5, 5.41) is 16.2. The van der Waals surface area contributed by atoms with Crippen molar-refractivity contribution in [3.05, 3.63) is 58.1 Å². The van der Waals surface area contributed by atoms with Crippen molar-refractivity contribution in [3.8, 4) is 17.5 Å². The van der Waals surface area contributed by atoms with Gasteiger partial charge in [-0.2, -0.15) is 9.50 Å². The molecule has 1 atom stereocenters. The molecule has 29 heavy (non-hydrogen) atoms. The summed E-state index contributed by atoms with van der Waals surface area (Å²) in [4.78, 5) is 8.49. The first-order valence-corrected chi connectivity index (χ1v) is 10.9. The van der Waals surface area contributed by atoms with Gasteiger partial charge in [0.05, 0.1) is 17.2 Å². The van der Waals surface area contributed by atoms with Crippen LogP contribution in [0.5, 0.6) is 5.88 Å². The highest BCUT2D eigenvalue weighted by Gasteiger charge is 2.31. The summed E-state index contributed by atoms with van der Waals surface area (Å²) in [5.74, 6) is 1.91. The molecule has 5 rings (SSSR count). The summed E-state index contributed by atoms with van der Waals surface area (Å²) in [6, 6.07) is 11.4. The number of nitrogens with zero attached hydrogens (tertiary/aromatic N) is 4. The fourth-order valence-electron chi connectivity index (χ4n) is 3.90. The third kappa shape index (κ3) is 3.43. The molecule has 4 heterocycles. The number of fused-ring (bicyclic) bond motifs is 1. The second-order valence-corrected chi connectivity index (χ2v) is 9.02. The minimum absolute atomic E-state index is 0.0553. The molecule has 0 saturated carbocycles. The van der Waals surface area contributed by atoms with E-state index in [4.69, 9.17) is 16.0 Å². The van der Waals surface area contributed by atoms with Gasteiger partial charge in [-0.3, -0.25) is 4.90 Å². The van der Waals surface area contributed by atoms with Crippen LogP contribution >= 0.6 is 22.9 Å². The fraction of sp³-hybridized carbons (Fsp3) is 0.333. The molecule has 1 saturated heterocycles. The quantitative estimate of drug-likeness (QED) is 0.482. The Kier molecular flexibility index (Phi) is 4.81. The van der Waals surface area contributed by atoms with Crippen molar-refractivity contribution in [3.63, 3.8) is 0 Å². The molecule has 0 radical (unpaired) electrons. The molecule has 150 valence electrons. The van der Waals surface area contributed by atoms with Gasteiger partial charge in [-0.1, -0.05) is 42.0 Å². The molecule has 1 N–H and O–H groups in total. The molecule has 0 spiro atoms. The lowest BCUT2D eigenvalue weighted by molar-refractivity contribution is 0.157. The maximum atomic E-state index is 11.1. The third-order valence-electron chi connectivity index (χ3n) is 5.56. The van der Waals surface area contributed by atoms with Gasteiger partial charge < -0.3 is 9.52 Å². The lowest BCUT2D eigenvalue weighted by Gasteiger charge is -2.36. The Morgan fingerprint density at radius 3 is 2.62 bits per heavy atom. The second-order valence-electron chi connectivity index (χ2n) is 7.57. The smallest absolute Gasteiger partial charge is 0.230 e. The van der Waals surface area contributed by atoms with E-state index in [1.54, 1.807) is 12.3 Å². The van der Waals surface area contributed by atoms with Crippen LogP contribution in [-0.2, 0) is 0 Å². The highest BCUT2D eigenvalue weighted by Crippen LogP contribution is 2.41. The van der Waals surface area contributed by atoms with E-state index in [1.165, 1.54) is 15.9 Å². The number of hydrogen-bond acceptors (Lipinski definition) is 6. The van der Waals surface area contributed by atoms with Crippen LogP contribution in [0.25, 0.3) is 16.5 Å². The Morgan fingerprint density at radius 1 is 1.21 bits per heavy atom. The number of thiazole rings is 1. The van der Waals surface area contributed by atoms with Crippen molar-refractivity contribution in [2.45, 2.75) is 25.8 Å². The van der Waals surface area contributed by atoms with Crippen molar-refractivity contribution < 1.29 is 9.52 Å². The van der Waals surface area contributed by atoms with Crippen LogP contribution in [0.15, 0.2) is 47.1 Å². The Bertz CT molecular complexity index is 1110. The molecule has 0 bridgehead atoms. The zero-order valence-corrected chi connectivity index (χ0v) is 17.5. The van der Waals surface area contributed by atoms with E-state index in [-0.39, 0.29) is 11.9 Å². The summed E-state index contributed by atoms with van der Waals surface area (Å²) in [7, 11) is 0. The van der Waals surface area contributed by atoms with E-state index in [2.05, 4.69) is 21.9 Å². The monoisotopic (exact) mass is 428 g/mol. The normalized spacial score (nSPS) is 17.2. The fourth-order valence-corrected chi connectivity index (χ4v) is 5.14. The maximum Gasteiger partial charge on any atom is 0.230 e. The van der Waals surface area contributed by atoms with Gasteiger partial charge in [0, 0.05) is 5.02 Å². The lowest BCUT2D eigenvalue weighted by Crippen LogP contribution is -2.36. The number of piperidine rings is 1. The minimum Gasteiger partial charge on any atom is -0.492 e. The first-order chi connectivity index (χ1) is 14.1. The van der Waals surface area contributed by atoms with Crippen molar-refractivity contribution in [1.29, 1.82) is 0 Å². The molecule has 8 heteroatoms. The molecule has 6 nitrogen and oxygen atoms in total. The van der Waals surface area contributed by atoms with Gasteiger partial charge in [0.25, 0.3) is 0 Å². The first kappa shape index (κ1) is 18.7. The van der Waals surface area contributed by atoms with Crippen LogP contribution in [-0.4, -0.2) is 37.7 Å². The highest BCUT2D eigenvalue weighted by atomic mass is 35.5. The number of rotatable bonds is 4. The zero-order valence-electron chi connectivity index (χ0n) is 16.0. The SMILES string of the molecule is CC1CCN([C@H](c2ccc(Cl)cc2)c2sc3nc(-c4ccco4)nn3c2O)CC1. The Balaban J connectivity index is 1.57. The number of aromatic hydroxyl groups is 1. The van der Waals surface area contributed by atoms with Gasteiger partial charge in [0.1, 0.15) is 0 Å². The molecule has 1 aliphatic rings. The molecule has 1 aromatic carbocycles. The Morgan fingerprint density at radius 2 is 1.97 bits per heavy atom. The van der Waals surface area contributed by atoms with E-state index in [0.717, 1.165) is 42.3 Å². The molecule has 4 aromatic rings. The molecular formula is C21H21ClN4O2S. The van der Waals surface area contributed by atoms with Crippen LogP contribution in [0.2, 0.25) is 5.02 Å². The largest absolute Gasteiger partial charge is 0.492 e. The van der Waals surface area contributed by atoms with Crippen molar-refractivity contribution in [2.24, 2.45) is 5.92 Å². The van der Waals surface area contributed by atoms with Gasteiger partial charge in [-0.05, 0) is 61.7 Å². The van der Waals surface area contributed by atoms with E-state index in [9.17, 15) is 5.11 Å². The number of hydrogen-bond donors (Lipinski definition) is 1. The highest BCUT2D eigenvalue weighted by molar-refractivity contribution is 7.17. The molecule has 0 amide bonds. The lowest BCUT2D eigenvalue weighted by atomic mass is 9.95. The van der Waals surface area contributed by atoms with Crippen molar-refractivity contribution in [1.82, 2.24) is 19.5 Å². The number of likely N-dealkylation sites (tertiary alicyclic amines) is 1. The van der Waals surface area contributed by atoms with Crippen LogP contribution in [0, 0.1) is 5.92 Å². The van der Waals surface area contributed by atoms with Gasteiger partial charge in [0.2, 0.25) is 16.7 Å². The van der Waals surface area contributed by atoms with Gasteiger partial charge >= 0.3 is 0 Å². The molecule has 0 aliphatic carbocycles. The number of furan rings is 1. The summed E-state index contributed by atoms with van der Waals surface area (Å²) < 4.78 is 6.89. The van der Waals surface area contributed by atoms with E-state index < -0.39 is 0 Å². The molecular weight excluding hydrogens is 408 g/mol. The van der Waals surface area contributed by atoms with Crippen LogP contribution in [0.4, 0.5) is 0 Å². The predicted octanol–water partition coefficient (Wildman–Crippen LogP) is 5.23. The molecule has 0 unspecified atom stereocenters. The van der Waals surface area contributed by atoms with E-state index in [0.29, 0.717) is 21.6 Å². The summed E-state index contributed by atoms with van der Waals surface area (Å²) in [6.07, 6.45) is 3.88. The Hall–Kier alpha value is -2.35. The van der Waals surface area contributed by atoms with Crippen LogP contribution in [0.1, 0.15) is 36.2 Å². The zero-order chi connectivity index (χ0) is 20.0. The summed E-state index contributed by atoms with van der Waals surface area (Å²) in [5.41, 5.74) is 1.11.